The van der Waals surface area contributed by atoms with Crippen LogP contribution in [0.15, 0.2) is 6.20 Å². The molecule has 4 rings (SSSR count). The minimum atomic E-state index is 0.126. The van der Waals surface area contributed by atoms with E-state index in [4.69, 9.17) is 0 Å². The lowest BCUT2D eigenvalue weighted by atomic mass is 9.99. The Labute approximate surface area is 125 Å². The number of rotatable bonds is 1. The highest BCUT2D eigenvalue weighted by Crippen LogP contribution is 2.42. The van der Waals surface area contributed by atoms with Gasteiger partial charge in [-0.15, -0.1) is 0 Å². The number of carbonyl (C=O) groups is 1. The van der Waals surface area contributed by atoms with E-state index in [1.165, 1.54) is 12.8 Å². The van der Waals surface area contributed by atoms with E-state index < -0.39 is 0 Å². The smallest absolute Gasteiger partial charge is 0.318 e. The van der Waals surface area contributed by atoms with Crippen molar-refractivity contribution in [1.29, 1.82) is 0 Å². The summed E-state index contributed by atoms with van der Waals surface area (Å²) in [5.74, 6) is 0.831. The molecule has 1 saturated heterocycles. The van der Waals surface area contributed by atoms with E-state index in [0.717, 1.165) is 49.2 Å². The van der Waals surface area contributed by atoms with Crippen molar-refractivity contribution in [2.75, 3.05) is 0 Å². The molecule has 5 heteroatoms. The summed E-state index contributed by atoms with van der Waals surface area (Å²) in [6.07, 6.45) is 9.69. The molecule has 0 unspecified atom stereocenters. The second kappa shape index (κ2) is 4.97. The summed E-state index contributed by atoms with van der Waals surface area (Å²) in [4.78, 5) is 23.7. The van der Waals surface area contributed by atoms with Crippen LogP contribution in [0.5, 0.6) is 0 Å². The lowest BCUT2D eigenvalue weighted by molar-refractivity contribution is 0.161. The lowest BCUT2D eigenvalue weighted by Gasteiger charge is -2.36. The second-order valence-corrected chi connectivity index (χ2v) is 6.61. The second-order valence-electron chi connectivity index (χ2n) is 6.61. The minimum Gasteiger partial charge on any atom is -0.335 e. The Balaban J connectivity index is 1.57. The van der Waals surface area contributed by atoms with Gasteiger partial charge in [-0.05, 0) is 32.6 Å². The molecule has 1 N–H and O–H groups in total. The summed E-state index contributed by atoms with van der Waals surface area (Å²) >= 11 is 0. The van der Waals surface area contributed by atoms with Gasteiger partial charge in [0.05, 0.1) is 11.7 Å². The predicted molar refractivity (Wildman–Crippen MR) is 78.9 cm³/mol. The quantitative estimate of drug-likeness (QED) is 0.863. The summed E-state index contributed by atoms with van der Waals surface area (Å²) in [5, 5.41) is 3.24. The number of carbonyl (C=O) groups excluding carboxylic acids is 1. The Morgan fingerprint density at radius 1 is 1.29 bits per heavy atom. The number of aromatic nitrogens is 2. The Kier molecular flexibility index (Phi) is 3.08. The number of amides is 2. The first-order valence-corrected chi connectivity index (χ1v) is 8.13. The molecule has 0 aromatic carbocycles. The van der Waals surface area contributed by atoms with Gasteiger partial charge in [0.25, 0.3) is 0 Å². The van der Waals surface area contributed by atoms with Gasteiger partial charge in [0.2, 0.25) is 0 Å². The Hall–Kier alpha value is -1.65. The summed E-state index contributed by atoms with van der Waals surface area (Å²) < 4.78 is 0. The highest BCUT2D eigenvalue weighted by molar-refractivity contribution is 5.76. The van der Waals surface area contributed by atoms with Gasteiger partial charge in [0, 0.05) is 30.3 Å². The van der Waals surface area contributed by atoms with Crippen LogP contribution in [0.4, 0.5) is 4.79 Å². The van der Waals surface area contributed by atoms with Crippen molar-refractivity contribution in [3.05, 3.63) is 23.3 Å². The first kappa shape index (κ1) is 13.0. The van der Waals surface area contributed by atoms with E-state index >= 15 is 0 Å². The molecule has 1 aromatic rings. The molecule has 0 spiro atoms. The topological polar surface area (TPSA) is 58.1 Å². The van der Waals surface area contributed by atoms with Gasteiger partial charge in [-0.25, -0.2) is 14.8 Å². The van der Waals surface area contributed by atoms with Gasteiger partial charge >= 0.3 is 6.03 Å². The number of nitrogens with one attached hydrogen (secondary N) is 1. The standard InChI is InChI=1S/C16H22N4O/c1-10-17-9-13-14(18-10)8-12-6-7-15(13)20(12)16(21)19-11-4-2-3-5-11/h9,11-12,15H,2-8H2,1H3,(H,19,21)/t12-,15+/m0/s1. The number of nitrogens with zero attached hydrogens (tertiary/aromatic N) is 3. The summed E-state index contributed by atoms with van der Waals surface area (Å²) in [6, 6.07) is 1.01. The van der Waals surface area contributed by atoms with Crippen LogP contribution >= 0.6 is 0 Å². The Bertz CT molecular complexity index is 567. The van der Waals surface area contributed by atoms with Crippen LogP contribution in [-0.2, 0) is 6.42 Å². The van der Waals surface area contributed by atoms with Crippen LogP contribution in [0.3, 0.4) is 0 Å². The fourth-order valence-electron chi connectivity index (χ4n) is 4.21. The van der Waals surface area contributed by atoms with Crippen molar-refractivity contribution in [3.8, 4) is 0 Å². The van der Waals surface area contributed by atoms with Gasteiger partial charge in [-0.2, -0.15) is 0 Å². The molecule has 3 heterocycles. The molecule has 2 aliphatic heterocycles. The zero-order valence-corrected chi connectivity index (χ0v) is 12.5. The van der Waals surface area contributed by atoms with Crippen LogP contribution in [0.2, 0.25) is 0 Å². The molecule has 3 aliphatic rings. The third-order valence-electron chi connectivity index (χ3n) is 5.23. The van der Waals surface area contributed by atoms with Crippen molar-refractivity contribution >= 4 is 6.03 Å². The average Bonchev–Trinajstić information content (AvgIpc) is 3.06. The molecular weight excluding hydrogens is 264 g/mol. The summed E-state index contributed by atoms with van der Waals surface area (Å²) in [5.41, 5.74) is 2.32. The van der Waals surface area contributed by atoms with E-state index in [1.54, 1.807) is 0 Å². The molecule has 1 aromatic heterocycles. The van der Waals surface area contributed by atoms with Gasteiger partial charge in [0.1, 0.15) is 5.82 Å². The maximum Gasteiger partial charge on any atom is 0.318 e. The maximum atomic E-state index is 12.7. The molecule has 1 saturated carbocycles. The van der Waals surface area contributed by atoms with Crippen LogP contribution in [0, 0.1) is 6.92 Å². The fourth-order valence-corrected chi connectivity index (χ4v) is 4.21. The lowest BCUT2D eigenvalue weighted by Crippen LogP contribution is -2.49. The number of hydrogen-bond acceptors (Lipinski definition) is 3. The van der Waals surface area contributed by atoms with E-state index in [1.807, 2.05) is 13.1 Å². The molecule has 0 radical (unpaired) electrons. The Morgan fingerprint density at radius 2 is 2.10 bits per heavy atom. The number of urea groups is 1. The van der Waals surface area contributed by atoms with E-state index in [0.29, 0.717) is 12.1 Å². The number of hydrogen-bond donors (Lipinski definition) is 1. The van der Waals surface area contributed by atoms with Gasteiger partial charge in [-0.1, -0.05) is 12.8 Å². The van der Waals surface area contributed by atoms with Crippen LogP contribution in [-0.4, -0.2) is 33.0 Å². The predicted octanol–water partition coefficient (Wildman–Crippen LogP) is 2.50. The maximum absolute atomic E-state index is 12.7. The first-order chi connectivity index (χ1) is 10.2. The van der Waals surface area contributed by atoms with E-state index in [9.17, 15) is 4.79 Å². The largest absolute Gasteiger partial charge is 0.335 e. The first-order valence-electron chi connectivity index (χ1n) is 8.13. The molecule has 2 atom stereocenters. The highest BCUT2D eigenvalue weighted by atomic mass is 16.2. The van der Waals surface area contributed by atoms with Crippen molar-refractivity contribution in [1.82, 2.24) is 20.2 Å². The number of fused-ring (bicyclic) bond motifs is 4. The Morgan fingerprint density at radius 3 is 2.90 bits per heavy atom. The number of aryl methyl sites for hydroxylation is 1. The van der Waals surface area contributed by atoms with Crippen molar-refractivity contribution < 1.29 is 4.79 Å². The van der Waals surface area contributed by atoms with Gasteiger partial charge in [-0.3, -0.25) is 0 Å². The molecule has 2 bridgehead atoms. The molecule has 2 fully saturated rings. The summed E-state index contributed by atoms with van der Waals surface area (Å²) in [7, 11) is 0. The SMILES string of the molecule is Cc1ncc2c(n1)C[C@@H]1CC[C@H]2N1C(=O)NC1CCCC1. The third kappa shape index (κ3) is 2.19. The van der Waals surface area contributed by atoms with Gasteiger partial charge in [0.15, 0.2) is 0 Å². The van der Waals surface area contributed by atoms with E-state index in [-0.39, 0.29) is 12.1 Å². The van der Waals surface area contributed by atoms with Gasteiger partial charge < -0.3 is 10.2 Å². The molecule has 112 valence electrons. The molecular formula is C16H22N4O. The third-order valence-corrected chi connectivity index (χ3v) is 5.23. The van der Waals surface area contributed by atoms with Crippen LogP contribution in [0.1, 0.15) is 61.6 Å². The van der Waals surface area contributed by atoms with Crippen molar-refractivity contribution in [3.63, 3.8) is 0 Å². The molecule has 21 heavy (non-hydrogen) atoms. The highest BCUT2D eigenvalue weighted by Gasteiger charge is 2.43. The molecule has 1 aliphatic carbocycles. The zero-order valence-electron chi connectivity index (χ0n) is 12.5. The van der Waals surface area contributed by atoms with Crippen LogP contribution < -0.4 is 5.32 Å². The molecule has 2 amide bonds. The fraction of sp³-hybridized carbons (Fsp3) is 0.688. The van der Waals surface area contributed by atoms with Crippen molar-refractivity contribution in [2.45, 2.75) is 70.0 Å². The molecule has 5 nitrogen and oxygen atoms in total. The summed E-state index contributed by atoms with van der Waals surface area (Å²) in [6.45, 7) is 1.93. The zero-order chi connectivity index (χ0) is 14.4. The van der Waals surface area contributed by atoms with Crippen LogP contribution in [0.25, 0.3) is 0 Å². The van der Waals surface area contributed by atoms with Crippen molar-refractivity contribution in [2.24, 2.45) is 0 Å². The minimum absolute atomic E-state index is 0.126. The average molecular weight is 286 g/mol. The normalized spacial score (nSPS) is 27.8. The van der Waals surface area contributed by atoms with E-state index in [2.05, 4.69) is 20.2 Å². The monoisotopic (exact) mass is 286 g/mol.